The summed E-state index contributed by atoms with van der Waals surface area (Å²) in [7, 11) is 0. The Morgan fingerprint density at radius 3 is 2.61 bits per heavy atom. The van der Waals surface area contributed by atoms with Crippen molar-refractivity contribution in [3.05, 3.63) is 69.5 Å². The highest BCUT2D eigenvalue weighted by atomic mass is 35.5. The van der Waals surface area contributed by atoms with Crippen LogP contribution in [0.25, 0.3) is 6.08 Å². The fraction of sp³-hybridized carbons (Fsp3) is 0.111. The lowest BCUT2D eigenvalue weighted by molar-refractivity contribution is -0.112. The first kappa shape index (κ1) is 16.7. The number of nitriles is 1. The Kier molecular flexibility index (Phi) is 5.15. The van der Waals surface area contributed by atoms with E-state index in [0.717, 1.165) is 17.2 Å². The van der Waals surface area contributed by atoms with Gasteiger partial charge in [0.15, 0.2) is 0 Å². The second-order valence-corrected chi connectivity index (χ2v) is 5.41. The van der Waals surface area contributed by atoms with Gasteiger partial charge in [-0.2, -0.15) is 5.26 Å². The molecule has 0 heterocycles. The monoisotopic (exact) mass is 328 g/mol. The second kappa shape index (κ2) is 7.08. The standard InChI is InChI=1S/C18H14ClFN2O/c1-11-5-3-8-17(12(11)2)22-18(23)13(10-21)9-14-15(19)6-4-7-16(14)20/h3-9H,1-2H3,(H,22,23)/b13-9+. The molecule has 23 heavy (non-hydrogen) atoms. The second-order valence-electron chi connectivity index (χ2n) is 5.01. The van der Waals surface area contributed by atoms with Gasteiger partial charge in [0.1, 0.15) is 17.5 Å². The highest BCUT2D eigenvalue weighted by Gasteiger charge is 2.14. The lowest BCUT2D eigenvalue weighted by Gasteiger charge is -2.10. The minimum Gasteiger partial charge on any atom is -0.321 e. The largest absolute Gasteiger partial charge is 0.321 e. The Bertz CT molecular complexity index is 817. The highest BCUT2D eigenvalue weighted by molar-refractivity contribution is 6.32. The van der Waals surface area contributed by atoms with Gasteiger partial charge in [0.05, 0.1) is 5.02 Å². The average Bonchev–Trinajstić information content (AvgIpc) is 2.51. The van der Waals surface area contributed by atoms with Crippen molar-refractivity contribution in [2.75, 3.05) is 5.32 Å². The van der Waals surface area contributed by atoms with Crippen LogP contribution in [0, 0.1) is 31.0 Å². The molecule has 1 amide bonds. The van der Waals surface area contributed by atoms with E-state index >= 15 is 0 Å². The Balaban J connectivity index is 2.35. The number of benzene rings is 2. The molecule has 0 spiro atoms. The molecule has 0 aliphatic carbocycles. The van der Waals surface area contributed by atoms with E-state index in [9.17, 15) is 14.4 Å². The minimum absolute atomic E-state index is 0.0156. The maximum absolute atomic E-state index is 13.8. The molecule has 2 aromatic carbocycles. The molecule has 3 nitrogen and oxygen atoms in total. The van der Waals surface area contributed by atoms with Gasteiger partial charge in [-0.05, 0) is 49.2 Å². The van der Waals surface area contributed by atoms with Crippen LogP contribution in [0.5, 0.6) is 0 Å². The smallest absolute Gasteiger partial charge is 0.266 e. The molecule has 2 rings (SSSR count). The summed E-state index contributed by atoms with van der Waals surface area (Å²) in [4.78, 5) is 12.3. The number of hydrogen-bond acceptors (Lipinski definition) is 2. The van der Waals surface area contributed by atoms with Crippen LogP contribution in [0.3, 0.4) is 0 Å². The van der Waals surface area contributed by atoms with Crippen molar-refractivity contribution >= 4 is 29.3 Å². The van der Waals surface area contributed by atoms with Gasteiger partial charge < -0.3 is 5.32 Å². The molecule has 1 N–H and O–H groups in total. The van der Waals surface area contributed by atoms with Crippen molar-refractivity contribution in [2.24, 2.45) is 0 Å². The summed E-state index contributed by atoms with van der Waals surface area (Å²) in [5.74, 6) is -1.20. The van der Waals surface area contributed by atoms with Crippen LogP contribution in [-0.2, 0) is 4.79 Å². The Morgan fingerprint density at radius 1 is 1.26 bits per heavy atom. The predicted molar refractivity (Wildman–Crippen MR) is 89.5 cm³/mol. The number of amides is 1. The molecule has 0 saturated heterocycles. The molecular weight excluding hydrogens is 315 g/mol. The van der Waals surface area contributed by atoms with Gasteiger partial charge in [-0.25, -0.2) is 4.39 Å². The normalized spacial score (nSPS) is 11.0. The van der Waals surface area contributed by atoms with Crippen LogP contribution in [0.1, 0.15) is 16.7 Å². The molecule has 0 aliphatic rings. The summed E-state index contributed by atoms with van der Waals surface area (Å²) in [6.45, 7) is 3.79. The van der Waals surface area contributed by atoms with Gasteiger partial charge >= 0.3 is 0 Å². The van der Waals surface area contributed by atoms with Crippen molar-refractivity contribution in [1.82, 2.24) is 0 Å². The lowest BCUT2D eigenvalue weighted by atomic mass is 10.1. The van der Waals surface area contributed by atoms with Crippen molar-refractivity contribution < 1.29 is 9.18 Å². The number of carbonyl (C=O) groups excluding carboxylic acids is 1. The molecular formula is C18H14ClFN2O. The molecule has 0 aromatic heterocycles. The number of aryl methyl sites for hydroxylation is 1. The first-order valence-corrected chi connectivity index (χ1v) is 7.25. The van der Waals surface area contributed by atoms with Gasteiger partial charge in [-0.15, -0.1) is 0 Å². The van der Waals surface area contributed by atoms with Crippen LogP contribution in [-0.4, -0.2) is 5.91 Å². The Morgan fingerprint density at radius 2 is 1.96 bits per heavy atom. The quantitative estimate of drug-likeness (QED) is 0.659. The zero-order valence-corrected chi connectivity index (χ0v) is 13.4. The van der Waals surface area contributed by atoms with E-state index in [1.807, 2.05) is 19.9 Å². The summed E-state index contributed by atoms with van der Waals surface area (Å²) in [5, 5.41) is 12.0. The van der Waals surface area contributed by atoms with E-state index in [2.05, 4.69) is 5.32 Å². The highest BCUT2D eigenvalue weighted by Crippen LogP contribution is 2.23. The van der Waals surface area contributed by atoms with Crippen molar-refractivity contribution in [2.45, 2.75) is 13.8 Å². The van der Waals surface area contributed by atoms with Gasteiger partial charge in [0.2, 0.25) is 0 Å². The number of nitrogens with one attached hydrogen (secondary N) is 1. The molecule has 0 atom stereocenters. The Labute approximate surface area is 139 Å². The van der Waals surface area contributed by atoms with E-state index in [-0.39, 0.29) is 16.2 Å². The summed E-state index contributed by atoms with van der Waals surface area (Å²) in [6.07, 6.45) is 1.15. The van der Waals surface area contributed by atoms with Crippen molar-refractivity contribution in [3.8, 4) is 6.07 Å². The van der Waals surface area contributed by atoms with Crippen LogP contribution < -0.4 is 5.32 Å². The maximum Gasteiger partial charge on any atom is 0.266 e. The fourth-order valence-corrected chi connectivity index (χ4v) is 2.24. The number of anilines is 1. The van der Waals surface area contributed by atoms with E-state index in [1.54, 1.807) is 18.2 Å². The summed E-state index contributed by atoms with van der Waals surface area (Å²) in [5.41, 5.74) is 2.32. The first-order chi connectivity index (χ1) is 10.9. The molecule has 0 aliphatic heterocycles. The van der Waals surface area contributed by atoms with Crippen LogP contribution >= 0.6 is 11.6 Å². The molecule has 0 fully saturated rings. The average molecular weight is 329 g/mol. The SMILES string of the molecule is Cc1cccc(NC(=O)/C(C#N)=C/c2c(F)cccc2Cl)c1C. The third-order valence-electron chi connectivity index (χ3n) is 3.51. The molecule has 0 unspecified atom stereocenters. The molecule has 2 aromatic rings. The molecule has 0 radical (unpaired) electrons. The minimum atomic E-state index is -0.611. The number of carbonyl (C=O) groups is 1. The first-order valence-electron chi connectivity index (χ1n) is 6.87. The van der Waals surface area contributed by atoms with Gasteiger partial charge in [0.25, 0.3) is 5.91 Å². The van der Waals surface area contributed by atoms with Crippen LogP contribution in [0.2, 0.25) is 5.02 Å². The predicted octanol–water partition coefficient (Wildman–Crippen LogP) is 4.64. The van der Waals surface area contributed by atoms with E-state index < -0.39 is 11.7 Å². The third-order valence-corrected chi connectivity index (χ3v) is 3.84. The molecule has 116 valence electrons. The third kappa shape index (κ3) is 3.77. The summed E-state index contributed by atoms with van der Waals surface area (Å²) >= 11 is 5.92. The zero-order valence-electron chi connectivity index (χ0n) is 12.7. The van der Waals surface area contributed by atoms with Crippen molar-refractivity contribution in [1.29, 1.82) is 5.26 Å². The van der Waals surface area contributed by atoms with Gasteiger partial charge in [0, 0.05) is 11.3 Å². The number of hydrogen-bond donors (Lipinski definition) is 1. The zero-order chi connectivity index (χ0) is 17.0. The number of nitrogens with zero attached hydrogens (tertiary/aromatic N) is 1. The number of rotatable bonds is 3. The van der Waals surface area contributed by atoms with E-state index in [1.165, 1.54) is 18.2 Å². The van der Waals surface area contributed by atoms with Gasteiger partial charge in [-0.3, -0.25) is 4.79 Å². The summed E-state index contributed by atoms with van der Waals surface area (Å²) < 4.78 is 13.8. The van der Waals surface area contributed by atoms with Gasteiger partial charge in [-0.1, -0.05) is 29.8 Å². The molecule has 5 heteroatoms. The number of halogens is 2. The molecule has 0 saturated carbocycles. The van der Waals surface area contributed by atoms with E-state index in [4.69, 9.17) is 11.6 Å². The molecule has 0 bridgehead atoms. The fourth-order valence-electron chi connectivity index (χ4n) is 2.02. The van der Waals surface area contributed by atoms with Crippen molar-refractivity contribution in [3.63, 3.8) is 0 Å². The Hall–Kier alpha value is -2.64. The topological polar surface area (TPSA) is 52.9 Å². The van der Waals surface area contributed by atoms with Crippen LogP contribution in [0.15, 0.2) is 42.0 Å². The lowest BCUT2D eigenvalue weighted by Crippen LogP contribution is -2.14. The van der Waals surface area contributed by atoms with E-state index in [0.29, 0.717) is 5.69 Å². The van der Waals surface area contributed by atoms with Crippen LogP contribution in [0.4, 0.5) is 10.1 Å². The summed E-state index contributed by atoms with van der Waals surface area (Å²) in [6, 6.07) is 11.4. The maximum atomic E-state index is 13.8.